The standard InChI is InChI=1S/C31H29N7O2/c1-3-21(16-26-28-29(35-18-33-26)36-19-34-28)30-37-25-11-7-10-24(32-17-20-12-14-23(40-2)15-13-20)27(25)31(39)38(30)22-8-5-4-6-9-22/h4-15,18-19,21,32H,3,16-17H2,1-2H3,(H,33,34,35,36)/t21-/m1/s1. The Bertz CT molecular complexity index is 1830. The number of methoxy groups -OCH3 is 1. The molecule has 9 nitrogen and oxygen atoms in total. The van der Waals surface area contributed by atoms with Crippen LogP contribution in [0.1, 0.15) is 36.3 Å². The molecule has 0 saturated carbocycles. The molecule has 40 heavy (non-hydrogen) atoms. The minimum atomic E-state index is -0.114. The Morgan fingerprint density at radius 2 is 1.80 bits per heavy atom. The summed E-state index contributed by atoms with van der Waals surface area (Å²) in [6.45, 7) is 2.66. The summed E-state index contributed by atoms with van der Waals surface area (Å²) in [5.41, 5.74) is 5.40. The fourth-order valence-corrected chi connectivity index (χ4v) is 5.06. The monoisotopic (exact) mass is 531 g/mol. The largest absolute Gasteiger partial charge is 0.497 e. The van der Waals surface area contributed by atoms with E-state index in [-0.39, 0.29) is 11.5 Å². The zero-order valence-corrected chi connectivity index (χ0v) is 22.3. The lowest BCUT2D eigenvalue weighted by atomic mass is 9.97. The number of aromatic amines is 1. The summed E-state index contributed by atoms with van der Waals surface area (Å²) >= 11 is 0. The van der Waals surface area contributed by atoms with Crippen molar-refractivity contribution in [1.82, 2.24) is 29.5 Å². The van der Waals surface area contributed by atoms with E-state index in [2.05, 4.69) is 32.2 Å². The van der Waals surface area contributed by atoms with Crippen molar-refractivity contribution >= 4 is 27.8 Å². The molecule has 3 aromatic heterocycles. The van der Waals surface area contributed by atoms with Crippen LogP contribution in [0.4, 0.5) is 5.69 Å². The second kappa shape index (κ2) is 11.0. The number of ether oxygens (including phenoxy) is 1. The fourth-order valence-electron chi connectivity index (χ4n) is 5.06. The van der Waals surface area contributed by atoms with E-state index in [4.69, 9.17) is 9.72 Å². The van der Waals surface area contributed by atoms with Crippen molar-refractivity contribution in [1.29, 1.82) is 0 Å². The van der Waals surface area contributed by atoms with Gasteiger partial charge in [-0.25, -0.2) is 19.9 Å². The van der Waals surface area contributed by atoms with Crippen molar-refractivity contribution in [3.63, 3.8) is 0 Å². The number of aromatic nitrogens is 6. The Kier molecular flexibility index (Phi) is 6.93. The highest BCUT2D eigenvalue weighted by Crippen LogP contribution is 2.29. The lowest BCUT2D eigenvalue weighted by Crippen LogP contribution is -2.27. The Balaban J connectivity index is 1.45. The fraction of sp³-hybridized carbons (Fsp3) is 0.194. The molecular weight excluding hydrogens is 502 g/mol. The Labute approximate surface area is 230 Å². The van der Waals surface area contributed by atoms with E-state index < -0.39 is 0 Å². The maximum Gasteiger partial charge on any atom is 0.268 e. The number of fused-ring (bicyclic) bond motifs is 2. The molecule has 200 valence electrons. The van der Waals surface area contributed by atoms with Gasteiger partial charge in [0.1, 0.15) is 23.4 Å². The van der Waals surface area contributed by atoms with Crippen LogP contribution < -0.4 is 15.6 Å². The first-order chi connectivity index (χ1) is 19.7. The first kappa shape index (κ1) is 25.2. The molecule has 0 unspecified atom stereocenters. The molecule has 9 heteroatoms. The van der Waals surface area contributed by atoms with Gasteiger partial charge in [0.05, 0.1) is 35.7 Å². The van der Waals surface area contributed by atoms with Crippen LogP contribution in [-0.4, -0.2) is 36.6 Å². The zero-order valence-electron chi connectivity index (χ0n) is 22.3. The third-order valence-electron chi connectivity index (χ3n) is 7.18. The molecule has 2 N–H and O–H groups in total. The van der Waals surface area contributed by atoms with Gasteiger partial charge in [-0.2, -0.15) is 0 Å². The number of rotatable bonds is 9. The number of anilines is 1. The van der Waals surface area contributed by atoms with Crippen LogP contribution in [0.5, 0.6) is 5.75 Å². The Morgan fingerprint density at radius 3 is 2.58 bits per heavy atom. The van der Waals surface area contributed by atoms with E-state index in [9.17, 15) is 4.79 Å². The normalized spacial score (nSPS) is 12.1. The summed E-state index contributed by atoms with van der Waals surface area (Å²) in [5, 5.41) is 4.01. The third kappa shape index (κ3) is 4.77. The molecule has 6 rings (SSSR count). The molecule has 6 aromatic rings. The predicted octanol–water partition coefficient (Wildman–Crippen LogP) is 5.41. The highest BCUT2D eigenvalue weighted by atomic mass is 16.5. The van der Waals surface area contributed by atoms with Gasteiger partial charge in [0.25, 0.3) is 5.56 Å². The minimum Gasteiger partial charge on any atom is -0.497 e. The van der Waals surface area contributed by atoms with E-state index in [0.717, 1.165) is 40.3 Å². The van der Waals surface area contributed by atoms with E-state index >= 15 is 0 Å². The second-order valence-electron chi connectivity index (χ2n) is 9.58. The number of H-pyrrole nitrogens is 1. The maximum absolute atomic E-state index is 14.3. The number of para-hydroxylation sites is 1. The lowest BCUT2D eigenvalue weighted by Gasteiger charge is -2.21. The van der Waals surface area contributed by atoms with Crippen LogP contribution in [0.2, 0.25) is 0 Å². The van der Waals surface area contributed by atoms with Crippen molar-refractivity contribution in [3.8, 4) is 11.4 Å². The molecule has 3 aromatic carbocycles. The molecule has 3 heterocycles. The summed E-state index contributed by atoms with van der Waals surface area (Å²) in [5.74, 6) is 1.43. The Hall–Kier alpha value is -5.05. The van der Waals surface area contributed by atoms with Gasteiger partial charge in [0.15, 0.2) is 5.65 Å². The molecule has 0 bridgehead atoms. The van der Waals surface area contributed by atoms with Crippen LogP contribution >= 0.6 is 0 Å². The van der Waals surface area contributed by atoms with Gasteiger partial charge in [-0.15, -0.1) is 0 Å². The molecule has 1 atom stereocenters. The third-order valence-corrected chi connectivity index (χ3v) is 7.18. The average Bonchev–Trinajstić information content (AvgIpc) is 3.49. The summed E-state index contributed by atoms with van der Waals surface area (Å²) in [6, 6.07) is 23.3. The molecule has 0 aliphatic carbocycles. The minimum absolute atomic E-state index is 0.0744. The van der Waals surface area contributed by atoms with Crippen LogP contribution in [0.15, 0.2) is 90.2 Å². The van der Waals surface area contributed by atoms with Crippen LogP contribution in [0.25, 0.3) is 27.8 Å². The van der Waals surface area contributed by atoms with E-state index in [1.54, 1.807) is 18.0 Å². The Morgan fingerprint density at radius 1 is 0.975 bits per heavy atom. The number of nitrogens with one attached hydrogen (secondary N) is 2. The molecule has 0 aliphatic rings. The zero-order chi connectivity index (χ0) is 27.5. The van der Waals surface area contributed by atoms with Crippen molar-refractivity contribution in [3.05, 3.63) is 113 Å². The molecule has 0 saturated heterocycles. The summed E-state index contributed by atoms with van der Waals surface area (Å²) < 4.78 is 7.02. The first-order valence-corrected chi connectivity index (χ1v) is 13.3. The predicted molar refractivity (Wildman–Crippen MR) is 156 cm³/mol. The highest BCUT2D eigenvalue weighted by molar-refractivity contribution is 5.91. The highest BCUT2D eigenvalue weighted by Gasteiger charge is 2.23. The smallest absolute Gasteiger partial charge is 0.268 e. The SMILES string of the molecule is CC[C@H](Cc1ncnc2nc[nH]c12)c1nc2cccc(NCc3ccc(OC)cc3)c2c(=O)n1-c1ccccc1. The van der Waals surface area contributed by atoms with Crippen LogP contribution in [0.3, 0.4) is 0 Å². The van der Waals surface area contributed by atoms with Gasteiger partial charge in [-0.05, 0) is 48.4 Å². The molecular formula is C31H29N7O2. The maximum atomic E-state index is 14.3. The van der Waals surface area contributed by atoms with Gasteiger partial charge >= 0.3 is 0 Å². The van der Waals surface area contributed by atoms with Gasteiger partial charge in [-0.1, -0.05) is 43.3 Å². The average molecular weight is 532 g/mol. The van der Waals surface area contributed by atoms with Gasteiger partial charge in [0, 0.05) is 24.6 Å². The lowest BCUT2D eigenvalue weighted by molar-refractivity contribution is 0.414. The van der Waals surface area contributed by atoms with E-state index in [0.29, 0.717) is 35.3 Å². The quantitative estimate of drug-likeness (QED) is 0.257. The number of hydrogen-bond acceptors (Lipinski definition) is 7. The molecule has 0 aliphatic heterocycles. The first-order valence-electron chi connectivity index (χ1n) is 13.3. The van der Waals surface area contributed by atoms with Gasteiger partial charge < -0.3 is 15.0 Å². The summed E-state index contributed by atoms with van der Waals surface area (Å²) in [6.07, 6.45) is 4.50. The van der Waals surface area contributed by atoms with Crippen molar-refractivity contribution in [2.75, 3.05) is 12.4 Å². The van der Waals surface area contributed by atoms with Crippen molar-refractivity contribution in [2.45, 2.75) is 32.2 Å². The summed E-state index contributed by atoms with van der Waals surface area (Å²) in [7, 11) is 1.65. The molecule has 0 amide bonds. The molecule has 0 fully saturated rings. The number of benzene rings is 3. The van der Waals surface area contributed by atoms with Crippen molar-refractivity contribution in [2.24, 2.45) is 0 Å². The van der Waals surface area contributed by atoms with Crippen LogP contribution in [-0.2, 0) is 13.0 Å². The van der Waals surface area contributed by atoms with Crippen molar-refractivity contribution < 1.29 is 4.74 Å². The van der Waals surface area contributed by atoms with Gasteiger partial charge in [0.2, 0.25) is 0 Å². The second-order valence-corrected chi connectivity index (χ2v) is 9.58. The van der Waals surface area contributed by atoms with Crippen LogP contribution in [0, 0.1) is 0 Å². The number of nitrogens with zero attached hydrogens (tertiary/aromatic N) is 5. The van der Waals surface area contributed by atoms with E-state index in [1.165, 1.54) is 6.33 Å². The topological polar surface area (TPSA) is 111 Å². The number of imidazole rings is 1. The molecule has 0 radical (unpaired) electrons. The van der Waals surface area contributed by atoms with Gasteiger partial charge in [-0.3, -0.25) is 9.36 Å². The van der Waals surface area contributed by atoms with E-state index in [1.807, 2.05) is 72.8 Å². The molecule has 0 spiro atoms. The summed E-state index contributed by atoms with van der Waals surface area (Å²) in [4.78, 5) is 35.7. The number of hydrogen-bond donors (Lipinski definition) is 2.